The van der Waals surface area contributed by atoms with Crippen molar-refractivity contribution in [2.75, 3.05) is 32.6 Å². The lowest BCUT2D eigenvalue weighted by atomic mass is 9.86. The molecule has 3 aliphatic rings. The average molecular weight is 418 g/mol. The highest BCUT2D eigenvalue weighted by atomic mass is 32.2. The molecule has 1 saturated carbocycles. The van der Waals surface area contributed by atoms with Gasteiger partial charge in [0.2, 0.25) is 0 Å². The van der Waals surface area contributed by atoms with Gasteiger partial charge >= 0.3 is 0 Å². The molecule has 2 aliphatic heterocycles. The standard InChI is InChI=1S/C23H35N3O2S/c1-3-24-21(25-17-23(29-2)12-14-27-15-13-23)26-19-16-22(10-6-7-11-22)28-20-9-5-4-8-18(19)20/h4-5,8-9,19H,3,6-7,10-17H2,1-2H3,(H2,24,25,26). The average Bonchev–Trinajstić information content (AvgIpc) is 3.20. The first kappa shape index (κ1) is 20.9. The Balaban J connectivity index is 1.54. The third kappa shape index (κ3) is 4.69. The van der Waals surface area contributed by atoms with E-state index in [-0.39, 0.29) is 16.4 Å². The maximum absolute atomic E-state index is 6.52. The van der Waals surface area contributed by atoms with Gasteiger partial charge in [-0.05, 0) is 57.8 Å². The molecular formula is C23H35N3O2S. The van der Waals surface area contributed by atoms with Crippen LogP contribution < -0.4 is 15.4 Å². The van der Waals surface area contributed by atoms with Crippen molar-refractivity contribution in [3.63, 3.8) is 0 Å². The Morgan fingerprint density at radius 2 is 1.93 bits per heavy atom. The molecule has 0 aromatic heterocycles. The Morgan fingerprint density at radius 1 is 1.17 bits per heavy atom. The number of aliphatic imine (C=N–C) groups is 1. The molecule has 1 atom stereocenters. The molecule has 2 N–H and O–H groups in total. The van der Waals surface area contributed by atoms with Crippen LogP contribution in [0.4, 0.5) is 0 Å². The van der Waals surface area contributed by atoms with Crippen molar-refractivity contribution in [3.05, 3.63) is 29.8 Å². The molecular weight excluding hydrogens is 382 g/mol. The Bertz CT molecular complexity index is 712. The van der Waals surface area contributed by atoms with Crippen LogP contribution in [0.1, 0.15) is 63.5 Å². The highest BCUT2D eigenvalue weighted by Crippen LogP contribution is 2.47. The Hall–Kier alpha value is -1.40. The van der Waals surface area contributed by atoms with Gasteiger partial charge in [0, 0.05) is 36.5 Å². The van der Waals surface area contributed by atoms with E-state index in [0.717, 1.165) is 70.1 Å². The number of thioether (sulfide) groups is 1. The number of guanidine groups is 1. The molecule has 2 fully saturated rings. The van der Waals surface area contributed by atoms with Gasteiger partial charge in [0.25, 0.3) is 0 Å². The zero-order valence-electron chi connectivity index (χ0n) is 17.8. The summed E-state index contributed by atoms with van der Waals surface area (Å²) in [6.07, 6.45) is 10.2. The van der Waals surface area contributed by atoms with Crippen LogP contribution in [-0.4, -0.2) is 48.9 Å². The minimum absolute atomic E-state index is 0.00938. The number of para-hydroxylation sites is 1. The second-order valence-corrected chi connectivity index (χ2v) is 9.90. The van der Waals surface area contributed by atoms with Gasteiger partial charge in [-0.2, -0.15) is 11.8 Å². The van der Waals surface area contributed by atoms with E-state index in [0.29, 0.717) is 0 Å². The van der Waals surface area contributed by atoms with Crippen molar-refractivity contribution in [1.29, 1.82) is 0 Å². The topological polar surface area (TPSA) is 54.9 Å². The summed E-state index contributed by atoms with van der Waals surface area (Å²) in [6.45, 7) is 5.50. The molecule has 2 heterocycles. The minimum atomic E-state index is -0.00938. The van der Waals surface area contributed by atoms with Crippen LogP contribution in [0.2, 0.25) is 0 Å². The van der Waals surface area contributed by atoms with Crippen molar-refractivity contribution in [2.24, 2.45) is 4.99 Å². The van der Waals surface area contributed by atoms with E-state index in [1.807, 2.05) is 11.8 Å². The number of hydrogen-bond donors (Lipinski definition) is 2. The molecule has 5 nitrogen and oxygen atoms in total. The lowest BCUT2D eigenvalue weighted by Gasteiger charge is -2.40. The van der Waals surface area contributed by atoms with Crippen LogP contribution in [0.15, 0.2) is 29.3 Å². The lowest BCUT2D eigenvalue weighted by Crippen LogP contribution is -2.47. The number of hydrogen-bond acceptors (Lipinski definition) is 4. The first-order valence-electron chi connectivity index (χ1n) is 11.1. The van der Waals surface area contributed by atoms with Gasteiger partial charge in [0.05, 0.1) is 12.6 Å². The molecule has 1 aliphatic carbocycles. The fraction of sp³-hybridized carbons (Fsp3) is 0.696. The van der Waals surface area contributed by atoms with E-state index < -0.39 is 0 Å². The van der Waals surface area contributed by atoms with Gasteiger partial charge in [-0.1, -0.05) is 18.2 Å². The van der Waals surface area contributed by atoms with E-state index in [9.17, 15) is 0 Å². The van der Waals surface area contributed by atoms with Gasteiger partial charge in [0.1, 0.15) is 11.4 Å². The van der Waals surface area contributed by atoms with Crippen LogP contribution >= 0.6 is 11.8 Å². The zero-order chi connectivity index (χ0) is 20.2. The van der Waals surface area contributed by atoms with E-state index in [2.05, 4.69) is 48.1 Å². The Kier molecular flexibility index (Phi) is 6.60. The number of fused-ring (bicyclic) bond motifs is 1. The predicted octanol–water partition coefficient (Wildman–Crippen LogP) is 4.29. The van der Waals surface area contributed by atoms with Gasteiger partial charge in [0.15, 0.2) is 5.96 Å². The van der Waals surface area contributed by atoms with Crippen molar-refractivity contribution in [2.45, 2.75) is 68.3 Å². The quantitative estimate of drug-likeness (QED) is 0.553. The largest absolute Gasteiger partial charge is 0.487 e. The van der Waals surface area contributed by atoms with Gasteiger partial charge in [-0.25, -0.2) is 0 Å². The van der Waals surface area contributed by atoms with Crippen molar-refractivity contribution < 1.29 is 9.47 Å². The Labute approximate surface area is 179 Å². The fourth-order valence-corrected chi connectivity index (χ4v) is 5.72. The molecule has 1 saturated heterocycles. The zero-order valence-corrected chi connectivity index (χ0v) is 18.7. The van der Waals surface area contributed by atoms with E-state index in [1.54, 1.807) is 0 Å². The SMILES string of the molecule is CCNC(=NCC1(SC)CCOCC1)NC1CC2(CCCC2)Oc2ccccc21. The fourth-order valence-electron chi connectivity index (χ4n) is 4.95. The third-order valence-corrected chi connectivity index (χ3v) is 8.13. The first-order chi connectivity index (χ1) is 14.2. The van der Waals surface area contributed by atoms with E-state index >= 15 is 0 Å². The van der Waals surface area contributed by atoms with Crippen molar-refractivity contribution in [3.8, 4) is 5.75 Å². The monoisotopic (exact) mass is 417 g/mol. The molecule has 0 amide bonds. The van der Waals surface area contributed by atoms with Gasteiger partial charge in [-0.3, -0.25) is 4.99 Å². The molecule has 1 aromatic carbocycles. The molecule has 4 rings (SSSR count). The van der Waals surface area contributed by atoms with Crippen LogP contribution in [0.25, 0.3) is 0 Å². The summed E-state index contributed by atoms with van der Waals surface area (Å²) in [5.41, 5.74) is 1.24. The molecule has 160 valence electrons. The van der Waals surface area contributed by atoms with Crippen LogP contribution in [-0.2, 0) is 4.74 Å². The first-order valence-corrected chi connectivity index (χ1v) is 12.4. The number of nitrogens with one attached hydrogen (secondary N) is 2. The second kappa shape index (κ2) is 9.17. The van der Waals surface area contributed by atoms with Crippen molar-refractivity contribution in [1.82, 2.24) is 10.6 Å². The summed E-state index contributed by atoms with van der Waals surface area (Å²) in [5.74, 6) is 1.96. The number of ether oxygens (including phenoxy) is 2. The summed E-state index contributed by atoms with van der Waals surface area (Å²) in [5, 5.41) is 7.24. The molecule has 0 bridgehead atoms. The number of nitrogens with zero attached hydrogens (tertiary/aromatic N) is 1. The minimum Gasteiger partial charge on any atom is -0.487 e. The highest BCUT2D eigenvalue weighted by Gasteiger charge is 2.43. The number of rotatable bonds is 5. The maximum atomic E-state index is 6.52. The van der Waals surface area contributed by atoms with Gasteiger partial charge < -0.3 is 20.1 Å². The van der Waals surface area contributed by atoms with Gasteiger partial charge in [-0.15, -0.1) is 0 Å². The molecule has 0 radical (unpaired) electrons. The third-order valence-electron chi connectivity index (χ3n) is 6.73. The lowest BCUT2D eigenvalue weighted by molar-refractivity contribution is 0.0395. The second-order valence-electron chi connectivity index (χ2n) is 8.63. The maximum Gasteiger partial charge on any atom is 0.191 e. The van der Waals surface area contributed by atoms with E-state index in [4.69, 9.17) is 14.5 Å². The summed E-state index contributed by atoms with van der Waals surface area (Å²) in [4.78, 5) is 5.04. The van der Waals surface area contributed by atoms with Crippen molar-refractivity contribution >= 4 is 17.7 Å². The van der Waals surface area contributed by atoms with E-state index in [1.165, 1.54) is 18.4 Å². The highest BCUT2D eigenvalue weighted by molar-refractivity contribution is 8.00. The summed E-state index contributed by atoms with van der Waals surface area (Å²) in [6, 6.07) is 8.74. The molecule has 1 aromatic rings. The van der Waals surface area contributed by atoms with Crippen LogP contribution in [0.5, 0.6) is 5.75 Å². The summed E-state index contributed by atoms with van der Waals surface area (Å²) in [7, 11) is 0. The predicted molar refractivity (Wildman–Crippen MR) is 121 cm³/mol. The normalized spacial score (nSPS) is 25.3. The molecule has 29 heavy (non-hydrogen) atoms. The molecule has 1 spiro atoms. The smallest absolute Gasteiger partial charge is 0.191 e. The number of benzene rings is 1. The molecule has 1 unspecified atom stereocenters. The molecule has 6 heteroatoms. The summed E-state index contributed by atoms with van der Waals surface area (Å²) < 4.78 is 12.3. The Morgan fingerprint density at radius 3 is 2.66 bits per heavy atom. The van der Waals surface area contributed by atoms with Crippen LogP contribution in [0.3, 0.4) is 0 Å². The summed E-state index contributed by atoms with van der Waals surface area (Å²) >= 11 is 1.94. The van der Waals surface area contributed by atoms with Crippen LogP contribution in [0, 0.1) is 0 Å².